The van der Waals surface area contributed by atoms with Crippen LogP contribution in [-0.2, 0) is 16.1 Å². The number of carbonyl (C=O) groups excluding carboxylic acids is 1. The molecule has 4 aliphatic carbocycles. The molecule has 1 aromatic rings. The summed E-state index contributed by atoms with van der Waals surface area (Å²) in [7, 11) is 1.92. The number of ketones is 1. The third-order valence-corrected chi connectivity index (χ3v) is 11.3. The minimum absolute atomic E-state index is 0.177. The Labute approximate surface area is 212 Å². The van der Waals surface area contributed by atoms with E-state index in [9.17, 15) is 4.79 Å². The number of hydrogen-bond donors (Lipinski definition) is 0. The zero-order valence-corrected chi connectivity index (χ0v) is 23.3. The van der Waals surface area contributed by atoms with E-state index in [2.05, 4.69) is 25.2 Å². The van der Waals surface area contributed by atoms with Crippen LogP contribution in [0.5, 0.6) is 0 Å². The summed E-state index contributed by atoms with van der Waals surface area (Å²) >= 11 is 1.69. The lowest BCUT2D eigenvalue weighted by Crippen LogP contribution is -2.56. The average Bonchev–Trinajstić information content (AvgIpc) is 3.44. The summed E-state index contributed by atoms with van der Waals surface area (Å²) in [5.41, 5.74) is 0.577. The summed E-state index contributed by atoms with van der Waals surface area (Å²) in [5, 5.41) is 4.43. The normalized spacial score (nSPS) is 41.0. The van der Waals surface area contributed by atoms with E-state index in [-0.39, 0.29) is 11.3 Å². The highest BCUT2D eigenvalue weighted by atomic mass is 32.2. The first-order valence-electron chi connectivity index (χ1n) is 14.0. The number of aromatic nitrogens is 2. The Balaban J connectivity index is 0.00000133. The van der Waals surface area contributed by atoms with Gasteiger partial charge in [-0.3, -0.25) is 9.48 Å². The van der Waals surface area contributed by atoms with Crippen LogP contribution in [0, 0.1) is 46.3 Å². The molecule has 0 radical (unpaired) electrons. The van der Waals surface area contributed by atoms with Crippen LogP contribution in [0.25, 0.3) is 0 Å². The standard InChI is InChI=1S/C27H42N2O2S.C2H6/c1-18-9-12-27(17-31-3)19(13-18)5-6-21-22-7-8-24(26(22,2)11-10-23(21)27)25(30)16-29-15-20(32-4)14-28-29;1-2/h14-15,18-19,21-24H,5-13,16-17H2,1-4H3;1-2H3. The number of rotatable bonds is 6. The van der Waals surface area contributed by atoms with Crippen LogP contribution in [0.4, 0.5) is 0 Å². The van der Waals surface area contributed by atoms with Gasteiger partial charge in [0, 0.05) is 24.1 Å². The molecule has 8 unspecified atom stereocenters. The van der Waals surface area contributed by atoms with Gasteiger partial charge in [-0.15, -0.1) is 11.8 Å². The van der Waals surface area contributed by atoms with Crippen molar-refractivity contribution in [2.75, 3.05) is 20.0 Å². The number of nitrogens with zero attached hydrogens (tertiary/aromatic N) is 2. The van der Waals surface area contributed by atoms with Crippen molar-refractivity contribution in [1.82, 2.24) is 9.78 Å². The summed E-state index contributed by atoms with van der Waals surface area (Å²) in [4.78, 5) is 14.6. The lowest BCUT2D eigenvalue weighted by Gasteiger charge is -2.61. The summed E-state index contributed by atoms with van der Waals surface area (Å²) in [5.74, 6) is 4.64. The molecule has 5 rings (SSSR count). The van der Waals surface area contributed by atoms with E-state index in [4.69, 9.17) is 4.74 Å². The van der Waals surface area contributed by atoms with Gasteiger partial charge in [-0.2, -0.15) is 5.10 Å². The highest BCUT2D eigenvalue weighted by Gasteiger charge is 2.62. The van der Waals surface area contributed by atoms with Crippen molar-refractivity contribution >= 4 is 17.5 Å². The Morgan fingerprint density at radius 3 is 2.65 bits per heavy atom. The van der Waals surface area contributed by atoms with Gasteiger partial charge >= 0.3 is 0 Å². The molecule has 0 saturated heterocycles. The largest absolute Gasteiger partial charge is 0.384 e. The fraction of sp³-hybridized carbons (Fsp3) is 0.862. The first-order valence-corrected chi connectivity index (χ1v) is 15.2. The fourth-order valence-electron chi connectivity index (χ4n) is 9.15. The Bertz CT molecular complexity index is 840. The molecule has 1 heterocycles. The molecule has 0 N–H and O–H groups in total. The van der Waals surface area contributed by atoms with Gasteiger partial charge in [0.15, 0.2) is 5.78 Å². The maximum atomic E-state index is 13.5. The van der Waals surface area contributed by atoms with Crippen molar-refractivity contribution in [2.24, 2.45) is 46.3 Å². The molecule has 4 aliphatic rings. The summed E-state index contributed by atoms with van der Waals surface area (Å²) in [6.07, 6.45) is 17.7. The lowest BCUT2D eigenvalue weighted by molar-refractivity contribution is -0.154. The topological polar surface area (TPSA) is 44.1 Å². The maximum Gasteiger partial charge on any atom is 0.157 e. The molecular weight excluding hydrogens is 440 g/mol. The first kappa shape index (κ1) is 26.3. The van der Waals surface area contributed by atoms with E-state index in [1.807, 2.05) is 38.0 Å². The molecular formula is C29H48N2O2S. The zero-order chi connectivity index (χ0) is 24.5. The van der Waals surface area contributed by atoms with Crippen LogP contribution in [0.15, 0.2) is 17.3 Å². The average molecular weight is 489 g/mol. The van der Waals surface area contributed by atoms with Gasteiger partial charge in [0.25, 0.3) is 0 Å². The van der Waals surface area contributed by atoms with E-state index in [1.54, 1.807) is 11.8 Å². The number of Topliss-reactive ketones (excluding diaryl/α,β-unsaturated/α-hetero) is 1. The van der Waals surface area contributed by atoms with Gasteiger partial charge in [-0.05, 0) is 98.0 Å². The number of thioether (sulfide) groups is 1. The molecule has 0 spiro atoms. The molecule has 0 amide bonds. The number of hydrogen-bond acceptors (Lipinski definition) is 4. The summed E-state index contributed by atoms with van der Waals surface area (Å²) in [6.45, 7) is 10.3. The predicted octanol–water partition coefficient (Wildman–Crippen LogP) is 7.12. The summed E-state index contributed by atoms with van der Waals surface area (Å²) in [6, 6.07) is 0. The summed E-state index contributed by atoms with van der Waals surface area (Å²) < 4.78 is 7.79. The van der Waals surface area contributed by atoms with E-state index in [1.165, 1.54) is 51.4 Å². The van der Waals surface area contributed by atoms with Crippen LogP contribution in [-0.4, -0.2) is 35.5 Å². The molecule has 4 saturated carbocycles. The van der Waals surface area contributed by atoms with Crippen molar-refractivity contribution in [2.45, 2.75) is 96.9 Å². The van der Waals surface area contributed by atoms with Crippen molar-refractivity contribution < 1.29 is 9.53 Å². The lowest BCUT2D eigenvalue weighted by atomic mass is 9.44. The minimum atomic E-state index is 0.177. The van der Waals surface area contributed by atoms with Crippen LogP contribution in [0.1, 0.15) is 85.5 Å². The quantitative estimate of drug-likeness (QED) is 0.400. The highest BCUT2D eigenvalue weighted by Crippen LogP contribution is 2.68. The minimum Gasteiger partial charge on any atom is -0.384 e. The SMILES string of the molecule is CC.COCC12CCC(C)CC1CCC1C3CCC(C(=O)Cn4cc(SC)cn4)C3(C)CCC12. The van der Waals surface area contributed by atoms with Gasteiger partial charge in [0.2, 0.25) is 0 Å². The van der Waals surface area contributed by atoms with Crippen LogP contribution in [0.3, 0.4) is 0 Å². The number of ether oxygens (including phenoxy) is 1. The molecule has 34 heavy (non-hydrogen) atoms. The number of carbonyl (C=O) groups is 1. The van der Waals surface area contributed by atoms with Gasteiger partial charge in [0.05, 0.1) is 19.3 Å². The van der Waals surface area contributed by atoms with E-state index < -0.39 is 0 Å². The first-order chi connectivity index (χ1) is 16.4. The Hall–Kier alpha value is -0.810. The second kappa shape index (κ2) is 10.7. The molecule has 0 aliphatic heterocycles. The van der Waals surface area contributed by atoms with Crippen LogP contribution >= 0.6 is 11.8 Å². The van der Waals surface area contributed by atoms with Gasteiger partial charge in [-0.25, -0.2) is 0 Å². The second-order valence-electron chi connectivity index (χ2n) is 11.9. The van der Waals surface area contributed by atoms with Gasteiger partial charge in [0.1, 0.15) is 0 Å². The van der Waals surface area contributed by atoms with E-state index >= 15 is 0 Å². The molecule has 8 atom stereocenters. The monoisotopic (exact) mass is 488 g/mol. The molecule has 0 bridgehead atoms. The number of methoxy groups -OCH3 is 1. The smallest absolute Gasteiger partial charge is 0.157 e. The van der Waals surface area contributed by atoms with Crippen LogP contribution in [0.2, 0.25) is 0 Å². The Morgan fingerprint density at radius 1 is 1.15 bits per heavy atom. The zero-order valence-electron chi connectivity index (χ0n) is 22.5. The fourth-order valence-corrected chi connectivity index (χ4v) is 9.53. The molecule has 1 aromatic heterocycles. The Morgan fingerprint density at radius 2 is 1.94 bits per heavy atom. The van der Waals surface area contributed by atoms with E-state index in [0.29, 0.717) is 23.7 Å². The second-order valence-corrected chi connectivity index (χ2v) is 12.8. The van der Waals surface area contributed by atoms with Crippen molar-refractivity contribution in [1.29, 1.82) is 0 Å². The van der Waals surface area contributed by atoms with Gasteiger partial charge < -0.3 is 4.74 Å². The van der Waals surface area contributed by atoms with Crippen molar-refractivity contribution in [3.8, 4) is 0 Å². The highest BCUT2D eigenvalue weighted by molar-refractivity contribution is 7.98. The van der Waals surface area contributed by atoms with Crippen molar-refractivity contribution in [3.63, 3.8) is 0 Å². The van der Waals surface area contributed by atoms with Crippen molar-refractivity contribution in [3.05, 3.63) is 12.4 Å². The molecule has 4 nitrogen and oxygen atoms in total. The molecule has 5 heteroatoms. The third kappa shape index (κ3) is 4.42. The molecule has 4 fully saturated rings. The maximum absolute atomic E-state index is 13.5. The molecule has 192 valence electrons. The molecule has 0 aromatic carbocycles. The van der Waals surface area contributed by atoms with Crippen LogP contribution < -0.4 is 0 Å². The third-order valence-electron chi connectivity index (χ3n) is 10.6. The number of fused-ring (bicyclic) bond motifs is 5. The van der Waals surface area contributed by atoms with Gasteiger partial charge in [-0.1, -0.05) is 34.1 Å². The van der Waals surface area contributed by atoms with E-state index in [0.717, 1.165) is 41.6 Å². The predicted molar refractivity (Wildman–Crippen MR) is 141 cm³/mol. The Kier molecular flexibility index (Phi) is 8.24.